The van der Waals surface area contributed by atoms with E-state index < -0.39 is 6.09 Å². The van der Waals surface area contributed by atoms with E-state index in [0.717, 1.165) is 60.8 Å². The van der Waals surface area contributed by atoms with Gasteiger partial charge in [0, 0.05) is 37.0 Å². The van der Waals surface area contributed by atoms with Crippen molar-refractivity contribution in [3.05, 3.63) is 27.2 Å². The number of amides is 1. The molecule has 1 amide bonds. The van der Waals surface area contributed by atoms with Crippen LogP contribution in [0.1, 0.15) is 48.4 Å². The van der Waals surface area contributed by atoms with Crippen molar-refractivity contribution in [3.63, 3.8) is 0 Å². The first-order valence-electron chi connectivity index (χ1n) is 8.64. The van der Waals surface area contributed by atoms with E-state index in [9.17, 15) is 9.59 Å². The first-order chi connectivity index (χ1) is 11.6. The van der Waals surface area contributed by atoms with Crippen molar-refractivity contribution < 1.29 is 9.90 Å². The van der Waals surface area contributed by atoms with E-state index in [4.69, 9.17) is 10.2 Å². The summed E-state index contributed by atoms with van der Waals surface area (Å²) >= 11 is 0. The topological polar surface area (TPSA) is 91.2 Å². The second-order valence-electron chi connectivity index (χ2n) is 6.89. The second-order valence-corrected chi connectivity index (χ2v) is 6.89. The minimum Gasteiger partial charge on any atom is -0.465 e. The molecule has 3 heterocycles. The minimum atomic E-state index is -0.846. The van der Waals surface area contributed by atoms with Crippen molar-refractivity contribution >= 4 is 17.1 Å². The van der Waals surface area contributed by atoms with Gasteiger partial charge in [-0.05, 0) is 44.1 Å². The summed E-state index contributed by atoms with van der Waals surface area (Å²) in [6, 6.07) is 0. The lowest BCUT2D eigenvalue weighted by Gasteiger charge is -2.29. The summed E-state index contributed by atoms with van der Waals surface area (Å²) in [6.45, 7) is 1.09. The molecule has 1 fully saturated rings. The zero-order valence-electron chi connectivity index (χ0n) is 13.8. The van der Waals surface area contributed by atoms with Gasteiger partial charge in [-0.15, -0.1) is 0 Å². The Morgan fingerprint density at radius 2 is 1.88 bits per heavy atom. The molecule has 1 saturated heterocycles. The predicted octanol–water partition coefficient (Wildman–Crippen LogP) is 2.00. The number of nitrogens with zero attached hydrogens (tertiary/aromatic N) is 3. The van der Waals surface area contributed by atoms with Crippen LogP contribution in [0.4, 0.5) is 4.79 Å². The van der Waals surface area contributed by atoms with Gasteiger partial charge in [0.25, 0.3) is 5.56 Å². The molecule has 0 bridgehead atoms. The molecule has 0 saturated carbocycles. The highest BCUT2D eigenvalue weighted by atomic mass is 16.4. The first kappa shape index (κ1) is 15.2. The summed E-state index contributed by atoms with van der Waals surface area (Å²) in [5.41, 5.74) is 3.95. The molecule has 1 aliphatic heterocycles. The molecule has 24 heavy (non-hydrogen) atoms. The van der Waals surface area contributed by atoms with Crippen molar-refractivity contribution in [2.75, 3.05) is 13.1 Å². The molecule has 2 aromatic rings. The maximum absolute atomic E-state index is 12.4. The number of rotatable bonds is 1. The summed E-state index contributed by atoms with van der Waals surface area (Å²) < 4.78 is 1.77. The number of likely N-dealkylation sites (tertiary alicyclic amines) is 1. The van der Waals surface area contributed by atoms with Crippen molar-refractivity contribution in [1.82, 2.24) is 19.7 Å². The number of aryl methyl sites for hydroxylation is 2. The van der Waals surface area contributed by atoms with Crippen LogP contribution < -0.4 is 5.56 Å². The lowest BCUT2D eigenvalue weighted by Crippen LogP contribution is -2.37. The summed E-state index contributed by atoms with van der Waals surface area (Å²) in [7, 11) is 1.86. The molecule has 2 aromatic heterocycles. The maximum Gasteiger partial charge on any atom is 0.407 e. The number of nitrogens with one attached hydrogen (secondary N) is 1. The number of H-pyrrole nitrogens is 1. The molecular weight excluding hydrogens is 308 g/mol. The van der Waals surface area contributed by atoms with Gasteiger partial charge in [-0.25, -0.2) is 4.79 Å². The summed E-state index contributed by atoms with van der Waals surface area (Å²) in [5.74, 6) is 0.251. The molecule has 0 atom stereocenters. The van der Waals surface area contributed by atoms with Crippen LogP contribution in [0.15, 0.2) is 4.79 Å². The quantitative estimate of drug-likeness (QED) is 0.836. The largest absolute Gasteiger partial charge is 0.465 e. The van der Waals surface area contributed by atoms with Gasteiger partial charge in [0.15, 0.2) is 0 Å². The van der Waals surface area contributed by atoms with Crippen LogP contribution in [-0.4, -0.2) is 44.0 Å². The Labute approximate surface area is 139 Å². The zero-order chi connectivity index (χ0) is 16.8. The summed E-state index contributed by atoms with van der Waals surface area (Å²) in [4.78, 5) is 28.0. The van der Waals surface area contributed by atoms with Gasteiger partial charge in [0.1, 0.15) is 5.65 Å². The third kappa shape index (κ3) is 2.30. The fraction of sp³-hybridized carbons (Fsp3) is 0.588. The summed E-state index contributed by atoms with van der Waals surface area (Å²) in [5, 5.41) is 15.0. The number of aromatic amines is 1. The minimum absolute atomic E-state index is 0.0208. The molecule has 0 spiro atoms. The van der Waals surface area contributed by atoms with E-state index in [1.165, 1.54) is 10.5 Å². The Morgan fingerprint density at radius 1 is 1.21 bits per heavy atom. The normalized spacial score (nSPS) is 18.8. The highest BCUT2D eigenvalue weighted by molar-refractivity contribution is 5.84. The molecule has 0 unspecified atom stereocenters. The molecule has 0 aromatic carbocycles. The van der Waals surface area contributed by atoms with Gasteiger partial charge in [-0.2, -0.15) is 5.10 Å². The number of carboxylic acid groups (broad SMARTS) is 1. The van der Waals surface area contributed by atoms with Crippen molar-refractivity contribution in [3.8, 4) is 0 Å². The number of hydrogen-bond donors (Lipinski definition) is 2. The molecule has 4 rings (SSSR count). The van der Waals surface area contributed by atoms with Crippen LogP contribution in [0, 0.1) is 0 Å². The van der Waals surface area contributed by atoms with Gasteiger partial charge in [-0.1, -0.05) is 0 Å². The van der Waals surface area contributed by atoms with E-state index >= 15 is 0 Å². The molecule has 7 heteroatoms. The van der Waals surface area contributed by atoms with Gasteiger partial charge in [0.2, 0.25) is 0 Å². The van der Waals surface area contributed by atoms with Crippen LogP contribution >= 0.6 is 0 Å². The van der Waals surface area contributed by atoms with E-state index in [1.54, 1.807) is 4.68 Å². The average molecular weight is 330 g/mol. The highest BCUT2D eigenvalue weighted by Gasteiger charge is 2.29. The number of hydrogen-bond acceptors (Lipinski definition) is 3. The molecule has 1 aliphatic carbocycles. The second kappa shape index (κ2) is 5.65. The van der Waals surface area contributed by atoms with Crippen LogP contribution in [0.25, 0.3) is 11.0 Å². The van der Waals surface area contributed by atoms with Crippen molar-refractivity contribution in [2.24, 2.45) is 7.05 Å². The highest BCUT2D eigenvalue weighted by Crippen LogP contribution is 2.35. The average Bonchev–Trinajstić information content (AvgIpc) is 2.92. The maximum atomic E-state index is 12.4. The lowest BCUT2D eigenvalue weighted by atomic mass is 9.86. The lowest BCUT2D eigenvalue weighted by molar-refractivity contribution is 0.132. The third-order valence-corrected chi connectivity index (χ3v) is 5.50. The molecule has 128 valence electrons. The van der Waals surface area contributed by atoms with Crippen LogP contribution in [0.5, 0.6) is 0 Å². The number of aromatic nitrogens is 3. The molecular formula is C17H22N4O3. The fourth-order valence-corrected chi connectivity index (χ4v) is 4.23. The van der Waals surface area contributed by atoms with Crippen molar-refractivity contribution in [1.29, 1.82) is 0 Å². The fourth-order valence-electron chi connectivity index (χ4n) is 4.23. The van der Waals surface area contributed by atoms with E-state index in [-0.39, 0.29) is 11.5 Å². The van der Waals surface area contributed by atoms with Crippen LogP contribution in [0.3, 0.4) is 0 Å². The molecule has 2 aliphatic rings. The Bertz CT molecular complexity index is 859. The summed E-state index contributed by atoms with van der Waals surface area (Å²) in [6.07, 6.45) is 4.67. The first-order valence-corrected chi connectivity index (χ1v) is 8.64. The van der Waals surface area contributed by atoms with Crippen LogP contribution in [0.2, 0.25) is 0 Å². The van der Waals surface area contributed by atoms with Gasteiger partial charge in [0.05, 0.1) is 5.69 Å². The van der Waals surface area contributed by atoms with Gasteiger partial charge in [-0.3, -0.25) is 9.48 Å². The van der Waals surface area contributed by atoms with E-state index in [0.29, 0.717) is 13.1 Å². The predicted molar refractivity (Wildman–Crippen MR) is 89.5 cm³/mol. The Balaban J connectivity index is 1.79. The SMILES string of the molecule is Cn1nc(C2CCN(C(=O)O)CC2)c2c3c(c(=O)[nH]c21)CCCC3. The van der Waals surface area contributed by atoms with Crippen molar-refractivity contribution in [2.45, 2.75) is 44.4 Å². The molecule has 0 radical (unpaired) electrons. The molecule has 2 N–H and O–H groups in total. The number of carbonyl (C=O) groups is 1. The van der Waals surface area contributed by atoms with E-state index in [2.05, 4.69) is 4.98 Å². The Hall–Kier alpha value is -2.31. The standard InChI is InChI=1S/C17H22N4O3/c1-20-15-13(11-4-2-3-5-12(11)16(22)18-15)14(19-20)10-6-8-21(9-7-10)17(23)24/h10H,2-9H2,1H3,(H,18,22)(H,23,24). The molecule has 7 nitrogen and oxygen atoms in total. The number of pyridine rings is 1. The number of fused-ring (bicyclic) bond motifs is 3. The van der Waals surface area contributed by atoms with E-state index in [1.807, 2.05) is 7.05 Å². The smallest absolute Gasteiger partial charge is 0.407 e. The third-order valence-electron chi connectivity index (χ3n) is 5.50. The number of piperidine rings is 1. The van der Waals surface area contributed by atoms with Gasteiger partial charge < -0.3 is 15.0 Å². The Morgan fingerprint density at radius 3 is 2.54 bits per heavy atom. The van der Waals surface area contributed by atoms with Gasteiger partial charge >= 0.3 is 6.09 Å². The zero-order valence-corrected chi connectivity index (χ0v) is 13.8. The Kier molecular flexibility index (Phi) is 3.58. The monoisotopic (exact) mass is 330 g/mol. The van der Waals surface area contributed by atoms with Crippen LogP contribution in [-0.2, 0) is 19.9 Å².